The lowest BCUT2D eigenvalue weighted by molar-refractivity contribution is -0.0677. The Morgan fingerprint density at radius 1 is 1.14 bits per heavy atom. The first-order valence-corrected chi connectivity index (χ1v) is 10.5. The minimum atomic E-state index is -0.467. The number of imidazole rings is 1. The number of anilines is 1. The number of aromatic nitrogens is 4. The predicted molar refractivity (Wildman–Crippen MR) is 110 cm³/mol. The van der Waals surface area contributed by atoms with Gasteiger partial charge >= 0.3 is 5.69 Å². The molecule has 0 radical (unpaired) electrons. The Bertz CT molecular complexity index is 896. The zero-order chi connectivity index (χ0) is 18.8. The Balaban J connectivity index is 0.00000192. The molecular weight excluding hydrogens is 378 g/mol. The molecule has 3 saturated carbocycles. The molecular formula is C20H30ClN5O2. The number of aliphatic hydroxyl groups is 1. The minimum Gasteiger partial charge on any atom is -0.390 e. The van der Waals surface area contributed by atoms with Crippen LogP contribution in [0.1, 0.15) is 71.0 Å². The zero-order valence-corrected chi connectivity index (χ0v) is 17.5. The van der Waals surface area contributed by atoms with E-state index in [-0.39, 0.29) is 29.6 Å². The Morgan fingerprint density at radius 3 is 2.43 bits per heavy atom. The van der Waals surface area contributed by atoms with Gasteiger partial charge in [0.25, 0.3) is 0 Å². The third-order valence-corrected chi connectivity index (χ3v) is 7.22. The maximum Gasteiger partial charge on any atom is 0.331 e. The number of halogens is 1. The highest BCUT2D eigenvalue weighted by Crippen LogP contribution is 2.53. The summed E-state index contributed by atoms with van der Waals surface area (Å²) in [5.41, 5.74) is 0.366. The highest BCUT2D eigenvalue weighted by Gasteiger charge is 2.51. The van der Waals surface area contributed by atoms with Crippen molar-refractivity contribution in [1.29, 1.82) is 0 Å². The molecule has 8 heteroatoms. The van der Waals surface area contributed by atoms with Gasteiger partial charge in [0, 0.05) is 24.5 Å². The molecule has 6 rings (SSSR count). The minimum absolute atomic E-state index is 0. The third kappa shape index (κ3) is 2.70. The van der Waals surface area contributed by atoms with Crippen LogP contribution < -0.4 is 11.0 Å². The highest BCUT2D eigenvalue weighted by molar-refractivity contribution is 5.85. The molecule has 0 unspecified atom stereocenters. The predicted octanol–water partition coefficient (Wildman–Crippen LogP) is 2.92. The molecule has 0 saturated heterocycles. The summed E-state index contributed by atoms with van der Waals surface area (Å²) in [4.78, 5) is 23.1. The molecule has 0 spiro atoms. The number of nitrogens with one attached hydrogen (secondary N) is 1. The van der Waals surface area contributed by atoms with E-state index < -0.39 is 5.60 Å². The molecule has 154 valence electrons. The Morgan fingerprint density at radius 2 is 1.82 bits per heavy atom. The molecule has 1 atom stereocenters. The van der Waals surface area contributed by atoms with Crippen molar-refractivity contribution >= 4 is 18.2 Å². The van der Waals surface area contributed by atoms with Crippen LogP contribution in [0.4, 0.5) is 5.82 Å². The van der Waals surface area contributed by atoms with Crippen LogP contribution in [-0.4, -0.2) is 35.9 Å². The van der Waals surface area contributed by atoms with Gasteiger partial charge in [-0.15, -0.1) is 12.4 Å². The van der Waals surface area contributed by atoms with Crippen LogP contribution in [0.5, 0.6) is 0 Å². The standard InChI is InChI=1S/C20H29N5O2.ClH/c1-3-11-24-16-14(15-21-13(4-2)12-25(15)18(24)26)22-17(23-16)19-5-8-20(27,9-6-19)10-7-19;/h13,21,27H,3-12H2,1-2H3;1H/t13-,19?,20?;/m1./s1. The molecule has 3 fully saturated rings. The van der Waals surface area contributed by atoms with E-state index in [4.69, 9.17) is 9.97 Å². The lowest BCUT2D eigenvalue weighted by atomic mass is 9.58. The summed E-state index contributed by atoms with van der Waals surface area (Å²) in [7, 11) is 0. The zero-order valence-electron chi connectivity index (χ0n) is 16.7. The lowest BCUT2D eigenvalue weighted by Gasteiger charge is -2.49. The van der Waals surface area contributed by atoms with Crippen molar-refractivity contribution in [3.05, 3.63) is 16.3 Å². The molecule has 2 N–H and O–H groups in total. The lowest BCUT2D eigenvalue weighted by Crippen LogP contribution is -2.48. The van der Waals surface area contributed by atoms with Gasteiger partial charge in [0.15, 0.2) is 5.82 Å². The molecule has 0 aromatic heterocycles. The van der Waals surface area contributed by atoms with E-state index in [1.54, 1.807) is 0 Å². The molecule has 0 aromatic carbocycles. The van der Waals surface area contributed by atoms with Crippen LogP contribution in [0.25, 0.3) is 11.5 Å². The first-order chi connectivity index (χ1) is 13.0. The van der Waals surface area contributed by atoms with Gasteiger partial charge < -0.3 is 10.4 Å². The smallest absolute Gasteiger partial charge is 0.331 e. The van der Waals surface area contributed by atoms with Gasteiger partial charge in [0.1, 0.15) is 17.3 Å². The average Bonchev–Trinajstić information content (AvgIpc) is 3.31. The summed E-state index contributed by atoms with van der Waals surface area (Å²) in [5.74, 6) is 2.46. The molecule has 0 aromatic rings. The van der Waals surface area contributed by atoms with E-state index >= 15 is 0 Å². The normalized spacial score (nSPS) is 30.9. The molecule has 3 heterocycles. The number of fused-ring (bicyclic) bond motifs is 6. The van der Waals surface area contributed by atoms with Gasteiger partial charge in [0.2, 0.25) is 0 Å². The van der Waals surface area contributed by atoms with Crippen LogP contribution in [0.15, 0.2) is 4.79 Å². The Labute approximate surface area is 171 Å². The Kier molecular flexibility index (Phi) is 4.74. The second kappa shape index (κ2) is 6.73. The van der Waals surface area contributed by atoms with Crippen molar-refractivity contribution in [2.75, 3.05) is 5.32 Å². The van der Waals surface area contributed by atoms with Gasteiger partial charge in [-0.25, -0.2) is 14.8 Å². The summed E-state index contributed by atoms with van der Waals surface area (Å²) in [6.07, 6.45) is 7.20. The van der Waals surface area contributed by atoms with E-state index in [1.165, 1.54) is 0 Å². The summed E-state index contributed by atoms with van der Waals surface area (Å²) < 4.78 is 3.66. The van der Waals surface area contributed by atoms with Crippen LogP contribution in [0.2, 0.25) is 0 Å². The SMILES string of the molecule is CCCn1c2nc(C34CCC(O)(CC3)CC4)nc-2c2n(c1=O)C[C@@H](CC)N2.Cl. The highest BCUT2D eigenvalue weighted by atomic mass is 35.5. The van der Waals surface area contributed by atoms with Crippen LogP contribution in [0.3, 0.4) is 0 Å². The van der Waals surface area contributed by atoms with E-state index in [2.05, 4.69) is 19.2 Å². The van der Waals surface area contributed by atoms with Crippen molar-refractivity contribution in [1.82, 2.24) is 19.1 Å². The largest absolute Gasteiger partial charge is 0.390 e. The fourth-order valence-corrected chi connectivity index (χ4v) is 5.31. The van der Waals surface area contributed by atoms with Crippen molar-refractivity contribution < 1.29 is 5.11 Å². The summed E-state index contributed by atoms with van der Waals surface area (Å²) >= 11 is 0. The number of hydrogen-bond donors (Lipinski definition) is 2. The fraction of sp³-hybridized carbons (Fsp3) is 0.750. The van der Waals surface area contributed by atoms with E-state index in [0.29, 0.717) is 13.1 Å². The van der Waals surface area contributed by atoms with E-state index in [0.717, 1.165) is 74.5 Å². The second-order valence-corrected chi connectivity index (χ2v) is 8.87. The van der Waals surface area contributed by atoms with Gasteiger partial charge in [-0.1, -0.05) is 13.8 Å². The van der Waals surface area contributed by atoms with E-state index in [1.807, 2.05) is 9.13 Å². The maximum atomic E-state index is 13.1. The second-order valence-electron chi connectivity index (χ2n) is 8.87. The monoisotopic (exact) mass is 407 g/mol. The van der Waals surface area contributed by atoms with Crippen molar-refractivity contribution in [2.24, 2.45) is 0 Å². The van der Waals surface area contributed by atoms with Crippen molar-refractivity contribution in [3.63, 3.8) is 0 Å². The van der Waals surface area contributed by atoms with Crippen LogP contribution >= 0.6 is 12.4 Å². The molecule has 0 amide bonds. The van der Waals surface area contributed by atoms with Crippen molar-refractivity contribution in [3.8, 4) is 11.5 Å². The van der Waals surface area contributed by atoms with Gasteiger partial charge in [-0.2, -0.15) is 0 Å². The quantitative estimate of drug-likeness (QED) is 0.813. The summed E-state index contributed by atoms with van der Waals surface area (Å²) in [5, 5.41) is 14.1. The van der Waals surface area contributed by atoms with Crippen LogP contribution in [-0.2, 0) is 18.5 Å². The van der Waals surface area contributed by atoms with Crippen molar-refractivity contribution in [2.45, 2.75) is 95.4 Å². The number of nitrogens with zero attached hydrogens (tertiary/aromatic N) is 4. The maximum absolute atomic E-state index is 13.1. The number of hydrogen-bond acceptors (Lipinski definition) is 5. The molecule has 6 aliphatic rings. The molecule has 3 aliphatic carbocycles. The fourth-order valence-electron chi connectivity index (χ4n) is 5.31. The summed E-state index contributed by atoms with van der Waals surface area (Å²) in [6.45, 7) is 5.59. The van der Waals surface area contributed by atoms with E-state index in [9.17, 15) is 9.90 Å². The molecule has 7 nitrogen and oxygen atoms in total. The first-order valence-electron chi connectivity index (χ1n) is 10.5. The average molecular weight is 408 g/mol. The molecule has 2 bridgehead atoms. The molecule has 3 aliphatic heterocycles. The topological polar surface area (TPSA) is 85.0 Å². The number of rotatable bonds is 4. The van der Waals surface area contributed by atoms with Gasteiger partial charge in [0.05, 0.1) is 5.60 Å². The third-order valence-electron chi connectivity index (χ3n) is 7.22. The molecule has 28 heavy (non-hydrogen) atoms. The Hall–Kier alpha value is -1.60. The first kappa shape index (κ1) is 19.7. The summed E-state index contributed by atoms with van der Waals surface area (Å²) in [6, 6.07) is 0.274. The van der Waals surface area contributed by atoms with Gasteiger partial charge in [-0.05, 0) is 51.4 Å². The van der Waals surface area contributed by atoms with Gasteiger partial charge in [-0.3, -0.25) is 9.13 Å². The van der Waals surface area contributed by atoms with Crippen LogP contribution in [0, 0.1) is 0 Å².